The lowest BCUT2D eigenvalue weighted by atomic mass is 9.79. The lowest BCUT2D eigenvalue weighted by Crippen LogP contribution is -2.31. The van der Waals surface area contributed by atoms with E-state index in [1.54, 1.807) is 6.20 Å². The molecule has 0 aliphatic heterocycles. The number of hydrogen-bond acceptors (Lipinski definition) is 6. The first kappa shape index (κ1) is 21.7. The van der Waals surface area contributed by atoms with Crippen molar-refractivity contribution in [1.29, 1.82) is 0 Å². The summed E-state index contributed by atoms with van der Waals surface area (Å²) in [6.07, 6.45) is 1.79. The Kier molecular flexibility index (Phi) is 5.74. The zero-order chi connectivity index (χ0) is 22.2. The molecule has 0 spiro atoms. The molecule has 1 aliphatic rings. The zero-order valence-corrected chi connectivity index (χ0v) is 18.0. The van der Waals surface area contributed by atoms with E-state index in [1.807, 2.05) is 25.1 Å². The number of aryl methyl sites for hydroxylation is 1. The van der Waals surface area contributed by atoms with E-state index in [9.17, 15) is 18.3 Å². The van der Waals surface area contributed by atoms with Gasteiger partial charge in [0.05, 0.1) is 4.88 Å². The Balaban J connectivity index is 1.60. The third-order valence-electron chi connectivity index (χ3n) is 5.44. The Hall–Kier alpha value is -2.52. The molecule has 0 bridgehead atoms. The molecule has 3 aromatic rings. The van der Waals surface area contributed by atoms with Gasteiger partial charge in [-0.2, -0.15) is 13.2 Å². The maximum atomic E-state index is 12.9. The highest BCUT2D eigenvalue weighted by Gasteiger charge is 2.37. The first-order chi connectivity index (χ1) is 14.6. The van der Waals surface area contributed by atoms with Crippen molar-refractivity contribution in [2.75, 3.05) is 5.32 Å². The normalized spacial score (nSPS) is 21.8. The van der Waals surface area contributed by atoms with E-state index < -0.39 is 17.5 Å². The topological polar surface area (TPSA) is 70.9 Å². The largest absolute Gasteiger partial charge is 0.433 e. The molecule has 0 amide bonds. The minimum absolute atomic E-state index is 0.123. The van der Waals surface area contributed by atoms with Gasteiger partial charge < -0.3 is 10.4 Å². The second kappa shape index (κ2) is 8.20. The molecular weight excluding hydrogens is 425 g/mol. The van der Waals surface area contributed by atoms with Gasteiger partial charge in [-0.3, -0.25) is 0 Å². The fraction of sp³-hybridized carbons (Fsp3) is 0.409. The number of rotatable bonds is 4. The molecule has 2 N–H and O–H groups in total. The highest BCUT2D eigenvalue weighted by Crippen LogP contribution is 2.43. The van der Waals surface area contributed by atoms with Crippen LogP contribution in [0, 0.1) is 12.8 Å². The van der Waals surface area contributed by atoms with Gasteiger partial charge in [0.2, 0.25) is 5.95 Å². The molecule has 1 saturated carbocycles. The Labute approximate surface area is 182 Å². The van der Waals surface area contributed by atoms with E-state index in [2.05, 4.69) is 27.2 Å². The van der Waals surface area contributed by atoms with Crippen molar-refractivity contribution in [2.24, 2.45) is 5.92 Å². The average molecular weight is 449 g/mol. The summed E-state index contributed by atoms with van der Waals surface area (Å²) in [5.74, 6) is 0.329. The number of nitrogens with zero attached hydrogens (tertiary/aromatic N) is 3. The summed E-state index contributed by atoms with van der Waals surface area (Å²) in [5.41, 5.74) is 0.476. The predicted molar refractivity (Wildman–Crippen MR) is 114 cm³/mol. The van der Waals surface area contributed by atoms with Crippen molar-refractivity contribution < 1.29 is 18.3 Å². The Morgan fingerprint density at radius 3 is 2.77 bits per heavy atom. The van der Waals surface area contributed by atoms with Crippen molar-refractivity contribution in [3.8, 4) is 10.4 Å². The van der Waals surface area contributed by atoms with E-state index >= 15 is 0 Å². The second-order valence-electron chi connectivity index (χ2n) is 8.24. The molecule has 5 nitrogen and oxygen atoms in total. The number of alkyl halides is 3. The van der Waals surface area contributed by atoms with Crippen LogP contribution in [0.4, 0.5) is 24.8 Å². The van der Waals surface area contributed by atoms with Crippen LogP contribution in [0.5, 0.6) is 0 Å². The van der Waals surface area contributed by atoms with Crippen LogP contribution in [0.2, 0.25) is 0 Å². The van der Waals surface area contributed by atoms with Gasteiger partial charge in [-0.25, -0.2) is 15.0 Å². The van der Waals surface area contributed by atoms with Crippen molar-refractivity contribution in [1.82, 2.24) is 15.0 Å². The SMILES string of the molecule is Cc1cc(Nc2nccc(C(F)(F)F)n2)cc(-c2cnc(C3(O)CCCC(C)C3)s2)c1. The van der Waals surface area contributed by atoms with Crippen LogP contribution in [0.1, 0.15) is 48.9 Å². The van der Waals surface area contributed by atoms with E-state index in [4.69, 9.17) is 0 Å². The summed E-state index contributed by atoms with van der Waals surface area (Å²) in [5, 5.41) is 14.7. The van der Waals surface area contributed by atoms with E-state index in [0.717, 1.165) is 41.1 Å². The molecule has 2 heterocycles. The maximum Gasteiger partial charge on any atom is 0.433 e. The number of anilines is 2. The number of benzene rings is 1. The predicted octanol–water partition coefficient (Wildman–Crippen LogP) is 6.07. The first-order valence-electron chi connectivity index (χ1n) is 10.1. The minimum atomic E-state index is -4.53. The summed E-state index contributed by atoms with van der Waals surface area (Å²) < 4.78 is 38.8. The van der Waals surface area contributed by atoms with Crippen LogP contribution in [0.3, 0.4) is 0 Å². The summed E-state index contributed by atoms with van der Waals surface area (Å²) in [6.45, 7) is 4.05. The third kappa shape index (κ3) is 4.88. The number of aliphatic hydroxyl groups is 1. The highest BCUT2D eigenvalue weighted by atomic mass is 32.1. The molecule has 2 unspecified atom stereocenters. The standard InChI is InChI=1S/C22H23F3N4OS/c1-13-4-3-6-21(30,11-13)19-27-12-17(31-19)15-8-14(2)9-16(10-15)28-20-26-7-5-18(29-20)22(23,24)25/h5,7-10,12-13,30H,3-4,6,11H2,1-2H3,(H,26,28,29). The van der Waals surface area contributed by atoms with Crippen LogP contribution >= 0.6 is 11.3 Å². The fourth-order valence-electron chi connectivity index (χ4n) is 4.04. The number of halogens is 3. The molecule has 1 fully saturated rings. The van der Waals surface area contributed by atoms with Crippen LogP contribution in [-0.2, 0) is 11.8 Å². The van der Waals surface area contributed by atoms with Gasteiger partial charge in [0, 0.05) is 18.1 Å². The lowest BCUT2D eigenvalue weighted by molar-refractivity contribution is -0.141. The van der Waals surface area contributed by atoms with Gasteiger partial charge in [0.1, 0.15) is 16.3 Å². The smallest absolute Gasteiger partial charge is 0.383 e. The number of aromatic nitrogens is 3. The molecule has 164 valence electrons. The molecule has 31 heavy (non-hydrogen) atoms. The maximum absolute atomic E-state index is 12.9. The zero-order valence-electron chi connectivity index (χ0n) is 17.2. The number of thiazole rings is 1. The molecule has 0 radical (unpaired) electrons. The van der Waals surface area contributed by atoms with Crippen molar-refractivity contribution in [3.05, 3.63) is 52.9 Å². The molecular formula is C22H23F3N4OS. The van der Waals surface area contributed by atoms with Crippen LogP contribution in [0.25, 0.3) is 10.4 Å². The monoisotopic (exact) mass is 448 g/mol. The van der Waals surface area contributed by atoms with Crippen LogP contribution in [-0.4, -0.2) is 20.1 Å². The lowest BCUT2D eigenvalue weighted by Gasteiger charge is -2.33. The summed E-state index contributed by atoms with van der Waals surface area (Å²) in [6, 6.07) is 6.44. The van der Waals surface area contributed by atoms with Crippen molar-refractivity contribution >= 4 is 23.0 Å². The summed E-state index contributed by atoms with van der Waals surface area (Å²) in [7, 11) is 0. The quantitative estimate of drug-likeness (QED) is 0.507. The van der Waals surface area contributed by atoms with Crippen LogP contribution < -0.4 is 5.32 Å². The number of nitrogens with one attached hydrogen (secondary N) is 1. The molecule has 9 heteroatoms. The Morgan fingerprint density at radius 2 is 2.03 bits per heavy atom. The minimum Gasteiger partial charge on any atom is -0.383 e. The number of hydrogen-bond donors (Lipinski definition) is 2. The molecule has 2 atom stereocenters. The summed E-state index contributed by atoms with van der Waals surface area (Å²) >= 11 is 1.45. The van der Waals surface area contributed by atoms with Gasteiger partial charge in [-0.15, -0.1) is 11.3 Å². The Bertz CT molecular complexity index is 1080. The highest BCUT2D eigenvalue weighted by molar-refractivity contribution is 7.15. The van der Waals surface area contributed by atoms with E-state index in [-0.39, 0.29) is 5.95 Å². The fourth-order valence-corrected chi connectivity index (χ4v) is 5.07. The molecule has 2 aromatic heterocycles. The second-order valence-corrected chi connectivity index (χ2v) is 9.27. The summed E-state index contributed by atoms with van der Waals surface area (Å²) in [4.78, 5) is 12.8. The molecule has 1 aromatic carbocycles. The van der Waals surface area contributed by atoms with Crippen molar-refractivity contribution in [3.63, 3.8) is 0 Å². The van der Waals surface area contributed by atoms with Gasteiger partial charge in [0.25, 0.3) is 0 Å². The third-order valence-corrected chi connectivity index (χ3v) is 6.68. The van der Waals surface area contributed by atoms with Gasteiger partial charge in [-0.1, -0.05) is 19.4 Å². The van der Waals surface area contributed by atoms with Crippen molar-refractivity contribution in [2.45, 2.75) is 51.3 Å². The van der Waals surface area contributed by atoms with Gasteiger partial charge in [-0.05, 0) is 61.4 Å². The first-order valence-corrected chi connectivity index (χ1v) is 10.9. The van der Waals surface area contributed by atoms with Crippen LogP contribution in [0.15, 0.2) is 36.7 Å². The average Bonchev–Trinajstić information content (AvgIpc) is 3.18. The Morgan fingerprint density at radius 1 is 1.23 bits per heavy atom. The van der Waals surface area contributed by atoms with E-state index in [1.165, 1.54) is 11.3 Å². The van der Waals surface area contributed by atoms with Gasteiger partial charge >= 0.3 is 6.18 Å². The van der Waals surface area contributed by atoms with E-state index in [0.29, 0.717) is 29.5 Å². The van der Waals surface area contributed by atoms with Gasteiger partial charge in [0.15, 0.2) is 0 Å². The molecule has 1 aliphatic carbocycles. The molecule has 0 saturated heterocycles. The molecule has 4 rings (SSSR count).